The molecule has 2 unspecified atom stereocenters. The van der Waals surface area contributed by atoms with Crippen molar-refractivity contribution in [1.29, 1.82) is 0 Å². The highest BCUT2D eigenvalue weighted by Crippen LogP contribution is 2.34. The van der Waals surface area contributed by atoms with Gasteiger partial charge < -0.3 is 10.1 Å². The van der Waals surface area contributed by atoms with E-state index in [-0.39, 0.29) is 6.10 Å². The van der Waals surface area contributed by atoms with Crippen LogP contribution in [-0.2, 0) is 4.74 Å². The number of hydrogen-bond donors (Lipinski definition) is 1. The number of methoxy groups -OCH3 is 1. The molecule has 2 nitrogen and oxygen atoms in total. The predicted octanol–water partition coefficient (Wildman–Crippen LogP) is 3.60. The summed E-state index contributed by atoms with van der Waals surface area (Å²) in [4.78, 5) is 0. The number of nitrogens with one attached hydrogen (secondary N) is 1. The minimum atomic E-state index is 0.165. The molecular formula is C14H21NO. The highest BCUT2D eigenvalue weighted by atomic mass is 16.5. The lowest BCUT2D eigenvalue weighted by atomic mass is 10.1. The van der Waals surface area contributed by atoms with Crippen molar-refractivity contribution in [2.24, 2.45) is 5.92 Å². The van der Waals surface area contributed by atoms with Crippen LogP contribution in [0.3, 0.4) is 0 Å². The van der Waals surface area contributed by atoms with Crippen LogP contribution in [0.5, 0.6) is 0 Å². The van der Waals surface area contributed by atoms with Crippen molar-refractivity contribution in [2.75, 3.05) is 12.4 Å². The molecule has 0 radical (unpaired) electrons. The maximum Gasteiger partial charge on any atom is 0.0793 e. The topological polar surface area (TPSA) is 21.3 Å². The first-order valence-electron chi connectivity index (χ1n) is 6.10. The summed E-state index contributed by atoms with van der Waals surface area (Å²) in [5.41, 5.74) is 2.44. The van der Waals surface area contributed by atoms with Crippen molar-refractivity contribution in [2.45, 2.75) is 38.8 Å². The van der Waals surface area contributed by atoms with Crippen molar-refractivity contribution >= 4 is 5.69 Å². The van der Waals surface area contributed by atoms with E-state index in [0.29, 0.717) is 6.04 Å². The first-order valence-corrected chi connectivity index (χ1v) is 6.10. The molecular weight excluding hydrogens is 198 g/mol. The number of rotatable bonds is 5. The lowest BCUT2D eigenvalue weighted by molar-refractivity contribution is 0.119. The van der Waals surface area contributed by atoms with Gasteiger partial charge in [0.1, 0.15) is 0 Å². The summed E-state index contributed by atoms with van der Waals surface area (Å²) in [6.45, 7) is 4.34. The molecule has 2 heteroatoms. The molecule has 1 saturated carbocycles. The van der Waals surface area contributed by atoms with E-state index in [0.717, 1.165) is 5.92 Å². The van der Waals surface area contributed by atoms with Crippen LogP contribution in [0.15, 0.2) is 24.3 Å². The molecule has 1 aliphatic carbocycles. The monoisotopic (exact) mass is 219 g/mol. The average molecular weight is 219 g/mol. The van der Waals surface area contributed by atoms with Crippen LogP contribution < -0.4 is 5.32 Å². The van der Waals surface area contributed by atoms with Crippen molar-refractivity contribution in [1.82, 2.24) is 0 Å². The van der Waals surface area contributed by atoms with Gasteiger partial charge in [0.25, 0.3) is 0 Å². The fourth-order valence-corrected chi connectivity index (χ4v) is 1.99. The van der Waals surface area contributed by atoms with Gasteiger partial charge in [-0.3, -0.25) is 0 Å². The van der Waals surface area contributed by atoms with Crippen molar-refractivity contribution in [3.05, 3.63) is 29.8 Å². The standard InChI is InChI=1S/C14H21NO/c1-10(12-7-8-12)15-14-6-4-5-13(9-14)11(2)16-3/h4-6,9-12,15H,7-8H2,1-3H3. The van der Waals surface area contributed by atoms with Crippen molar-refractivity contribution in [3.63, 3.8) is 0 Å². The summed E-state index contributed by atoms with van der Waals surface area (Å²) < 4.78 is 5.33. The second kappa shape index (κ2) is 4.88. The van der Waals surface area contributed by atoms with Crippen LogP contribution in [-0.4, -0.2) is 13.2 Å². The third kappa shape index (κ3) is 2.76. The highest BCUT2D eigenvalue weighted by Gasteiger charge is 2.27. The molecule has 0 aromatic heterocycles. The highest BCUT2D eigenvalue weighted by molar-refractivity contribution is 5.47. The fraction of sp³-hybridized carbons (Fsp3) is 0.571. The van der Waals surface area contributed by atoms with Gasteiger partial charge in [0.15, 0.2) is 0 Å². The lowest BCUT2D eigenvalue weighted by Crippen LogP contribution is -2.17. The Kier molecular flexibility index (Phi) is 3.49. The molecule has 88 valence electrons. The zero-order valence-electron chi connectivity index (χ0n) is 10.4. The van der Waals surface area contributed by atoms with Crippen LogP contribution in [0.4, 0.5) is 5.69 Å². The molecule has 1 aromatic rings. The largest absolute Gasteiger partial charge is 0.382 e. The zero-order valence-corrected chi connectivity index (χ0v) is 10.4. The third-order valence-corrected chi connectivity index (χ3v) is 3.43. The second-order valence-electron chi connectivity index (χ2n) is 4.77. The average Bonchev–Trinajstić information content (AvgIpc) is 3.12. The molecule has 2 atom stereocenters. The van der Waals surface area contributed by atoms with E-state index in [1.54, 1.807) is 7.11 Å². The molecule has 16 heavy (non-hydrogen) atoms. The molecule has 1 aromatic carbocycles. The molecule has 1 fully saturated rings. The van der Waals surface area contributed by atoms with E-state index in [9.17, 15) is 0 Å². The van der Waals surface area contributed by atoms with Crippen molar-refractivity contribution in [3.8, 4) is 0 Å². The summed E-state index contributed by atoms with van der Waals surface area (Å²) in [6, 6.07) is 9.11. The maximum absolute atomic E-state index is 5.33. The van der Waals surface area contributed by atoms with Gasteiger partial charge in [0.2, 0.25) is 0 Å². The van der Waals surface area contributed by atoms with E-state index in [1.807, 2.05) is 0 Å². The smallest absolute Gasteiger partial charge is 0.0793 e. The van der Waals surface area contributed by atoms with Crippen LogP contribution in [0.25, 0.3) is 0 Å². The number of ether oxygens (including phenoxy) is 1. The first kappa shape index (κ1) is 11.5. The summed E-state index contributed by atoms with van der Waals surface area (Å²) in [5.74, 6) is 0.878. The molecule has 0 bridgehead atoms. The van der Waals surface area contributed by atoms with Gasteiger partial charge in [0.05, 0.1) is 6.10 Å². The predicted molar refractivity (Wildman–Crippen MR) is 67.7 cm³/mol. The van der Waals surface area contributed by atoms with E-state index in [1.165, 1.54) is 24.1 Å². The zero-order chi connectivity index (χ0) is 11.5. The maximum atomic E-state index is 5.33. The van der Waals surface area contributed by atoms with Crippen LogP contribution in [0.2, 0.25) is 0 Å². The van der Waals surface area contributed by atoms with Crippen LogP contribution in [0.1, 0.15) is 38.4 Å². The van der Waals surface area contributed by atoms with Crippen molar-refractivity contribution < 1.29 is 4.74 Å². The van der Waals surface area contributed by atoms with E-state index < -0.39 is 0 Å². The Morgan fingerprint density at radius 2 is 2.06 bits per heavy atom. The Labute approximate surface area is 98.0 Å². The van der Waals surface area contributed by atoms with Crippen LogP contribution in [0, 0.1) is 5.92 Å². The molecule has 0 spiro atoms. The Hall–Kier alpha value is -1.02. The summed E-state index contributed by atoms with van der Waals surface area (Å²) in [6.07, 6.45) is 2.92. The summed E-state index contributed by atoms with van der Waals surface area (Å²) in [7, 11) is 1.75. The van der Waals surface area contributed by atoms with Gasteiger partial charge in [0, 0.05) is 18.8 Å². The molecule has 0 amide bonds. The van der Waals surface area contributed by atoms with Gasteiger partial charge in [-0.2, -0.15) is 0 Å². The van der Waals surface area contributed by atoms with E-state index >= 15 is 0 Å². The summed E-state index contributed by atoms with van der Waals surface area (Å²) in [5, 5.41) is 3.57. The molecule has 0 saturated heterocycles. The van der Waals surface area contributed by atoms with Gasteiger partial charge in [-0.1, -0.05) is 12.1 Å². The van der Waals surface area contributed by atoms with Gasteiger partial charge in [-0.05, 0) is 50.3 Å². The second-order valence-corrected chi connectivity index (χ2v) is 4.77. The fourth-order valence-electron chi connectivity index (χ4n) is 1.99. The van der Waals surface area contributed by atoms with Gasteiger partial charge in [-0.25, -0.2) is 0 Å². The Bertz CT molecular complexity index is 346. The molecule has 1 N–H and O–H groups in total. The Morgan fingerprint density at radius 3 is 2.69 bits per heavy atom. The SMILES string of the molecule is COC(C)c1cccc(NC(C)C2CC2)c1. The molecule has 2 rings (SSSR count). The minimum Gasteiger partial charge on any atom is -0.382 e. The number of hydrogen-bond acceptors (Lipinski definition) is 2. The quantitative estimate of drug-likeness (QED) is 0.817. The van der Waals surface area contributed by atoms with Gasteiger partial charge >= 0.3 is 0 Å². The normalized spacial score (nSPS) is 19.2. The van der Waals surface area contributed by atoms with Gasteiger partial charge in [-0.15, -0.1) is 0 Å². The van der Waals surface area contributed by atoms with E-state index in [4.69, 9.17) is 4.74 Å². The number of benzene rings is 1. The summed E-state index contributed by atoms with van der Waals surface area (Å²) >= 11 is 0. The Balaban J connectivity index is 2.03. The third-order valence-electron chi connectivity index (χ3n) is 3.43. The van der Waals surface area contributed by atoms with E-state index in [2.05, 4.69) is 43.4 Å². The van der Waals surface area contributed by atoms with Crippen LogP contribution >= 0.6 is 0 Å². The minimum absolute atomic E-state index is 0.165. The molecule has 0 heterocycles. The Morgan fingerprint density at radius 1 is 1.31 bits per heavy atom. The number of anilines is 1. The first-order chi connectivity index (χ1) is 7.70. The molecule has 0 aliphatic heterocycles. The molecule has 1 aliphatic rings. The lowest BCUT2D eigenvalue weighted by Gasteiger charge is -2.16.